The topological polar surface area (TPSA) is 13.1 Å². The van der Waals surface area contributed by atoms with Gasteiger partial charge in [-0.2, -0.15) is 0 Å². The zero-order valence-electron chi connectivity index (χ0n) is 4.73. The van der Waals surface area contributed by atoms with Crippen LogP contribution >= 0.6 is 31.9 Å². The van der Waals surface area contributed by atoms with Gasteiger partial charge in [-0.1, -0.05) is 15.9 Å². The summed E-state index contributed by atoms with van der Waals surface area (Å²) < 4.78 is 6.19. The molecule has 1 aromatic heterocycles. The minimum atomic E-state index is 0.938. The van der Waals surface area contributed by atoms with E-state index in [1.54, 1.807) is 6.26 Å². The first-order valence-electron chi connectivity index (χ1n) is 2.62. The minimum Gasteiger partial charge on any atom is -0.468 e. The summed E-state index contributed by atoms with van der Waals surface area (Å²) in [5.74, 6) is 1.01. The molecule has 1 nitrogen and oxygen atoms in total. The number of aryl methyl sites for hydroxylation is 1. The summed E-state index contributed by atoms with van der Waals surface area (Å²) >= 11 is 6.68. The summed E-state index contributed by atoms with van der Waals surface area (Å²) in [5, 5.41) is 0.944. The van der Waals surface area contributed by atoms with Gasteiger partial charge in [-0.3, -0.25) is 0 Å². The van der Waals surface area contributed by atoms with Gasteiger partial charge in [-0.25, -0.2) is 0 Å². The number of hydrogen-bond donors (Lipinski definition) is 0. The third kappa shape index (κ3) is 1.83. The molecule has 0 radical (unpaired) electrons. The van der Waals surface area contributed by atoms with Gasteiger partial charge in [0, 0.05) is 11.8 Å². The Morgan fingerprint density at radius 1 is 1.56 bits per heavy atom. The monoisotopic (exact) mass is 252 g/mol. The number of hydrogen-bond acceptors (Lipinski definition) is 1. The Kier molecular flexibility index (Phi) is 2.79. The van der Waals surface area contributed by atoms with Crippen LogP contribution in [0.5, 0.6) is 0 Å². The van der Waals surface area contributed by atoms with Crippen LogP contribution in [0.3, 0.4) is 0 Å². The second kappa shape index (κ2) is 3.42. The summed E-state index contributed by atoms with van der Waals surface area (Å²) in [5.41, 5.74) is 0. The second-order valence-corrected chi connectivity index (χ2v) is 3.28. The van der Waals surface area contributed by atoms with Gasteiger partial charge in [0.05, 0.1) is 10.7 Å². The van der Waals surface area contributed by atoms with Crippen molar-refractivity contribution < 1.29 is 4.42 Å². The fraction of sp³-hybridized carbons (Fsp3) is 0.333. The van der Waals surface area contributed by atoms with Crippen molar-refractivity contribution in [2.24, 2.45) is 0 Å². The SMILES string of the molecule is BrCCc1occc1Br. The normalized spacial score (nSPS) is 10.0. The first-order valence-corrected chi connectivity index (χ1v) is 4.54. The van der Waals surface area contributed by atoms with E-state index in [4.69, 9.17) is 4.42 Å². The maximum absolute atomic E-state index is 5.13. The summed E-state index contributed by atoms with van der Waals surface area (Å²) in [4.78, 5) is 0. The molecule has 0 saturated heterocycles. The summed E-state index contributed by atoms with van der Waals surface area (Å²) in [6.07, 6.45) is 2.62. The summed E-state index contributed by atoms with van der Waals surface area (Å²) in [6, 6.07) is 1.90. The molecule has 0 aliphatic carbocycles. The number of rotatable bonds is 2. The van der Waals surface area contributed by atoms with E-state index in [2.05, 4.69) is 31.9 Å². The molecule has 0 atom stereocenters. The predicted octanol–water partition coefficient (Wildman–Crippen LogP) is 2.98. The van der Waals surface area contributed by atoms with E-state index < -0.39 is 0 Å². The van der Waals surface area contributed by atoms with Crippen LogP contribution in [0.15, 0.2) is 21.2 Å². The van der Waals surface area contributed by atoms with E-state index in [-0.39, 0.29) is 0 Å². The van der Waals surface area contributed by atoms with Crippen molar-refractivity contribution in [1.29, 1.82) is 0 Å². The van der Waals surface area contributed by atoms with Crippen LogP contribution in [-0.4, -0.2) is 5.33 Å². The summed E-state index contributed by atoms with van der Waals surface area (Å²) in [6.45, 7) is 0. The molecule has 1 aromatic rings. The van der Waals surface area contributed by atoms with Crippen molar-refractivity contribution in [2.45, 2.75) is 6.42 Å². The molecule has 0 spiro atoms. The molecular weight excluding hydrogens is 248 g/mol. The zero-order chi connectivity index (χ0) is 6.69. The average molecular weight is 254 g/mol. The van der Waals surface area contributed by atoms with E-state index >= 15 is 0 Å². The van der Waals surface area contributed by atoms with Crippen LogP contribution in [0.4, 0.5) is 0 Å². The van der Waals surface area contributed by atoms with Gasteiger partial charge in [0.1, 0.15) is 5.76 Å². The minimum absolute atomic E-state index is 0.938. The van der Waals surface area contributed by atoms with Crippen LogP contribution in [-0.2, 0) is 6.42 Å². The van der Waals surface area contributed by atoms with Gasteiger partial charge in [0.15, 0.2) is 0 Å². The van der Waals surface area contributed by atoms with Gasteiger partial charge in [0.25, 0.3) is 0 Å². The van der Waals surface area contributed by atoms with Crippen LogP contribution in [0.25, 0.3) is 0 Å². The quantitative estimate of drug-likeness (QED) is 0.739. The third-order valence-electron chi connectivity index (χ3n) is 1.01. The molecule has 0 fully saturated rings. The van der Waals surface area contributed by atoms with Crippen LogP contribution in [0.2, 0.25) is 0 Å². The highest BCUT2D eigenvalue weighted by Crippen LogP contribution is 2.18. The zero-order valence-corrected chi connectivity index (χ0v) is 7.91. The second-order valence-electron chi connectivity index (χ2n) is 1.63. The molecule has 0 bridgehead atoms. The number of furan rings is 1. The average Bonchev–Trinajstić information content (AvgIpc) is 2.18. The Hall–Kier alpha value is 0.240. The van der Waals surface area contributed by atoms with Crippen molar-refractivity contribution in [2.75, 3.05) is 5.33 Å². The molecule has 0 aliphatic heterocycles. The van der Waals surface area contributed by atoms with E-state index in [0.717, 1.165) is 22.0 Å². The van der Waals surface area contributed by atoms with Gasteiger partial charge < -0.3 is 4.42 Å². The Morgan fingerprint density at radius 3 is 2.78 bits per heavy atom. The standard InChI is InChI=1S/C6H6Br2O/c7-3-1-6-5(8)2-4-9-6/h2,4H,1,3H2. The highest BCUT2D eigenvalue weighted by atomic mass is 79.9. The Balaban J connectivity index is 2.69. The lowest BCUT2D eigenvalue weighted by atomic mass is 10.4. The van der Waals surface area contributed by atoms with Crippen LogP contribution < -0.4 is 0 Å². The van der Waals surface area contributed by atoms with Crippen molar-refractivity contribution in [3.63, 3.8) is 0 Å². The molecule has 0 amide bonds. The molecule has 0 aliphatic rings. The smallest absolute Gasteiger partial charge is 0.118 e. The first kappa shape index (κ1) is 7.35. The van der Waals surface area contributed by atoms with E-state index in [0.29, 0.717) is 0 Å². The van der Waals surface area contributed by atoms with Gasteiger partial charge in [-0.05, 0) is 22.0 Å². The highest BCUT2D eigenvalue weighted by molar-refractivity contribution is 9.10. The predicted molar refractivity (Wildman–Crippen MR) is 43.9 cm³/mol. The largest absolute Gasteiger partial charge is 0.468 e. The molecule has 9 heavy (non-hydrogen) atoms. The lowest BCUT2D eigenvalue weighted by Crippen LogP contribution is -1.80. The van der Waals surface area contributed by atoms with E-state index in [9.17, 15) is 0 Å². The maximum Gasteiger partial charge on any atom is 0.118 e. The molecule has 0 N–H and O–H groups in total. The fourth-order valence-corrected chi connectivity index (χ4v) is 1.35. The van der Waals surface area contributed by atoms with Crippen molar-refractivity contribution in [3.8, 4) is 0 Å². The molecule has 1 heterocycles. The van der Waals surface area contributed by atoms with Gasteiger partial charge in [0.2, 0.25) is 0 Å². The van der Waals surface area contributed by atoms with Crippen LogP contribution in [0.1, 0.15) is 5.76 Å². The Bertz CT molecular complexity index is 183. The molecular formula is C6H6Br2O. The maximum atomic E-state index is 5.13. The lowest BCUT2D eigenvalue weighted by Gasteiger charge is -1.89. The van der Waals surface area contributed by atoms with Gasteiger partial charge >= 0.3 is 0 Å². The van der Waals surface area contributed by atoms with E-state index in [1.165, 1.54) is 0 Å². The molecule has 0 saturated carbocycles. The highest BCUT2D eigenvalue weighted by Gasteiger charge is 1.99. The number of halogens is 2. The Morgan fingerprint density at radius 2 is 2.33 bits per heavy atom. The molecule has 50 valence electrons. The summed E-state index contributed by atoms with van der Waals surface area (Å²) in [7, 11) is 0. The van der Waals surface area contributed by atoms with Gasteiger partial charge in [-0.15, -0.1) is 0 Å². The fourth-order valence-electron chi connectivity index (χ4n) is 0.589. The molecule has 0 unspecified atom stereocenters. The third-order valence-corrected chi connectivity index (χ3v) is 2.12. The first-order chi connectivity index (χ1) is 4.34. The van der Waals surface area contributed by atoms with Crippen molar-refractivity contribution >= 4 is 31.9 Å². The number of alkyl halides is 1. The van der Waals surface area contributed by atoms with Crippen molar-refractivity contribution in [1.82, 2.24) is 0 Å². The van der Waals surface area contributed by atoms with Crippen molar-refractivity contribution in [3.05, 3.63) is 22.6 Å². The van der Waals surface area contributed by atoms with E-state index in [1.807, 2.05) is 6.07 Å². The molecule has 3 heteroatoms. The lowest BCUT2D eigenvalue weighted by molar-refractivity contribution is 0.515. The molecule has 1 rings (SSSR count). The van der Waals surface area contributed by atoms with Crippen LogP contribution in [0, 0.1) is 0 Å². The molecule has 0 aromatic carbocycles. The Labute approximate surface area is 70.7 Å².